The molecule has 31 heavy (non-hydrogen) atoms. The maximum atomic E-state index is 13.2. The number of anilines is 1. The van der Waals surface area contributed by atoms with Crippen molar-refractivity contribution in [1.82, 2.24) is 5.32 Å². The summed E-state index contributed by atoms with van der Waals surface area (Å²) >= 11 is 0. The van der Waals surface area contributed by atoms with E-state index in [0.29, 0.717) is 37.5 Å². The number of aliphatic hydroxyl groups excluding tert-OH is 1. The summed E-state index contributed by atoms with van der Waals surface area (Å²) in [7, 11) is 0. The molecular weight excluding hydrogens is 411 g/mol. The third kappa shape index (κ3) is 4.94. The Bertz CT molecular complexity index is 833. The highest BCUT2D eigenvalue weighted by atomic mass is 19.4. The van der Waals surface area contributed by atoms with Gasteiger partial charge in [0.1, 0.15) is 0 Å². The van der Waals surface area contributed by atoms with Gasteiger partial charge in [0, 0.05) is 36.0 Å². The largest absolute Gasteiger partial charge is 0.397 e. The summed E-state index contributed by atoms with van der Waals surface area (Å²) in [4.78, 5) is 1.96. The Balaban J connectivity index is 1.43. The summed E-state index contributed by atoms with van der Waals surface area (Å²) in [6.07, 6.45) is -1.13. The molecule has 0 aromatic heterocycles. The van der Waals surface area contributed by atoms with Gasteiger partial charge in [-0.1, -0.05) is 13.0 Å². The second-order valence-electron chi connectivity index (χ2n) is 9.36. The lowest BCUT2D eigenvalue weighted by Crippen LogP contribution is -2.56. The summed E-state index contributed by atoms with van der Waals surface area (Å²) < 4.78 is 51.2. The number of nitrogens with one attached hydrogen (secondary N) is 1. The number of rotatable bonds is 7. The van der Waals surface area contributed by atoms with E-state index >= 15 is 0 Å². The van der Waals surface area contributed by atoms with E-state index in [-0.39, 0.29) is 35.2 Å². The summed E-state index contributed by atoms with van der Waals surface area (Å²) in [6.45, 7) is 4.16. The van der Waals surface area contributed by atoms with Crippen LogP contribution in [0.3, 0.4) is 0 Å². The van der Waals surface area contributed by atoms with E-state index in [1.807, 2.05) is 11.8 Å². The van der Waals surface area contributed by atoms with Crippen LogP contribution >= 0.6 is 0 Å². The van der Waals surface area contributed by atoms with Gasteiger partial charge in [-0.05, 0) is 37.0 Å². The van der Waals surface area contributed by atoms with Crippen molar-refractivity contribution in [2.24, 2.45) is 11.1 Å². The SMILES string of the molecule is CC1(CO)CN(c2ccc(/C(N)=C/NCC3OCC4(CCC4)O3)c(CC(F)(F)F)c2)C1. The monoisotopic (exact) mass is 441 g/mol. The van der Waals surface area contributed by atoms with Crippen molar-refractivity contribution in [3.8, 4) is 0 Å². The number of ether oxygens (including phenoxy) is 2. The number of nitrogens with two attached hydrogens (primary N) is 1. The van der Waals surface area contributed by atoms with Gasteiger partial charge in [0.15, 0.2) is 6.29 Å². The van der Waals surface area contributed by atoms with Crippen LogP contribution in [0.2, 0.25) is 0 Å². The van der Waals surface area contributed by atoms with Crippen LogP contribution in [0.1, 0.15) is 37.3 Å². The quantitative estimate of drug-likeness (QED) is 0.604. The Kier molecular flexibility index (Phi) is 5.87. The summed E-state index contributed by atoms with van der Waals surface area (Å²) in [5.74, 6) is 0. The number of alkyl halides is 3. The van der Waals surface area contributed by atoms with E-state index in [2.05, 4.69) is 5.32 Å². The van der Waals surface area contributed by atoms with Crippen LogP contribution in [0.5, 0.6) is 0 Å². The number of hydrogen-bond acceptors (Lipinski definition) is 6. The molecule has 0 bridgehead atoms. The minimum atomic E-state index is -4.35. The lowest BCUT2D eigenvalue weighted by molar-refractivity contribution is -0.127. The fourth-order valence-corrected chi connectivity index (χ4v) is 4.45. The van der Waals surface area contributed by atoms with Gasteiger partial charge in [-0.2, -0.15) is 13.2 Å². The third-order valence-corrected chi connectivity index (χ3v) is 6.40. The summed E-state index contributed by atoms with van der Waals surface area (Å²) in [5.41, 5.74) is 7.18. The molecule has 3 aliphatic rings. The molecule has 2 saturated heterocycles. The van der Waals surface area contributed by atoms with Crippen molar-refractivity contribution in [2.45, 2.75) is 50.7 Å². The van der Waals surface area contributed by atoms with Gasteiger partial charge >= 0.3 is 6.18 Å². The molecule has 1 saturated carbocycles. The van der Waals surface area contributed by atoms with E-state index in [4.69, 9.17) is 15.2 Å². The summed E-state index contributed by atoms with van der Waals surface area (Å²) in [5, 5.41) is 12.4. The Morgan fingerprint density at radius 2 is 2.10 bits per heavy atom. The van der Waals surface area contributed by atoms with Crippen LogP contribution in [-0.4, -0.2) is 56.0 Å². The summed E-state index contributed by atoms with van der Waals surface area (Å²) in [6, 6.07) is 4.95. The Morgan fingerprint density at radius 3 is 2.68 bits per heavy atom. The molecule has 6 nitrogen and oxygen atoms in total. The van der Waals surface area contributed by atoms with Crippen LogP contribution in [0.4, 0.5) is 18.9 Å². The van der Waals surface area contributed by atoms with Crippen LogP contribution < -0.4 is 16.0 Å². The average molecular weight is 441 g/mol. The lowest BCUT2D eigenvalue weighted by Gasteiger charge is -2.48. The van der Waals surface area contributed by atoms with Gasteiger partial charge in [0.2, 0.25) is 0 Å². The van der Waals surface area contributed by atoms with Crippen LogP contribution in [-0.2, 0) is 15.9 Å². The predicted octanol–water partition coefficient (Wildman–Crippen LogP) is 2.75. The normalized spacial score (nSPS) is 24.7. The molecular formula is C22H30F3N3O3. The molecule has 3 fully saturated rings. The smallest absolute Gasteiger partial charge is 0.393 e. The minimum Gasteiger partial charge on any atom is -0.397 e. The molecule has 1 unspecified atom stereocenters. The zero-order valence-corrected chi connectivity index (χ0v) is 17.7. The first-order valence-corrected chi connectivity index (χ1v) is 10.6. The van der Waals surface area contributed by atoms with Gasteiger partial charge in [0.25, 0.3) is 0 Å². The van der Waals surface area contributed by atoms with Crippen molar-refractivity contribution in [2.75, 3.05) is 37.7 Å². The predicted molar refractivity (Wildman–Crippen MR) is 111 cm³/mol. The van der Waals surface area contributed by atoms with E-state index in [1.54, 1.807) is 18.2 Å². The number of halogens is 3. The van der Waals surface area contributed by atoms with Gasteiger partial charge in [-0.15, -0.1) is 0 Å². The first-order chi connectivity index (χ1) is 14.6. The molecule has 1 atom stereocenters. The molecule has 2 heterocycles. The number of nitrogens with zero attached hydrogens (tertiary/aromatic N) is 1. The molecule has 1 aromatic carbocycles. The fourth-order valence-electron chi connectivity index (χ4n) is 4.45. The molecule has 9 heteroatoms. The standard InChI is InChI=1S/C22H30F3N3O3/c1-20(13-29)11-28(12-20)16-3-4-17(15(7-16)8-22(23,24)25)18(26)9-27-10-19-30-14-21(31-19)5-2-6-21/h3-4,7,9,19,27,29H,2,5-6,8,10-14,26H2,1H3/b18-9-. The number of hydrogen-bond donors (Lipinski definition) is 3. The second kappa shape index (κ2) is 8.18. The molecule has 1 spiro atoms. The molecule has 1 aliphatic carbocycles. The molecule has 0 radical (unpaired) electrons. The highest BCUT2D eigenvalue weighted by Crippen LogP contribution is 2.41. The maximum Gasteiger partial charge on any atom is 0.393 e. The zero-order valence-electron chi connectivity index (χ0n) is 17.7. The zero-order chi connectivity index (χ0) is 22.3. The average Bonchev–Trinajstić information content (AvgIpc) is 3.09. The lowest BCUT2D eigenvalue weighted by atomic mass is 9.81. The van der Waals surface area contributed by atoms with Crippen LogP contribution in [0.25, 0.3) is 5.70 Å². The van der Waals surface area contributed by atoms with Crippen LogP contribution in [0.15, 0.2) is 24.4 Å². The highest BCUT2D eigenvalue weighted by molar-refractivity contribution is 5.69. The van der Waals surface area contributed by atoms with Crippen LogP contribution in [0, 0.1) is 5.41 Å². The van der Waals surface area contributed by atoms with Crippen molar-refractivity contribution in [3.05, 3.63) is 35.5 Å². The number of benzene rings is 1. The van der Waals surface area contributed by atoms with Gasteiger partial charge in [0.05, 0.1) is 37.5 Å². The van der Waals surface area contributed by atoms with E-state index < -0.39 is 12.6 Å². The maximum absolute atomic E-state index is 13.2. The Labute approximate surface area is 180 Å². The first kappa shape index (κ1) is 22.2. The fraction of sp³-hybridized carbons (Fsp3) is 0.636. The van der Waals surface area contributed by atoms with Gasteiger partial charge in [-0.3, -0.25) is 0 Å². The Hall–Kier alpha value is -1.97. The van der Waals surface area contributed by atoms with E-state index in [0.717, 1.165) is 19.3 Å². The van der Waals surface area contributed by atoms with E-state index in [1.165, 1.54) is 6.20 Å². The van der Waals surface area contributed by atoms with Crippen molar-refractivity contribution in [1.29, 1.82) is 0 Å². The first-order valence-electron chi connectivity index (χ1n) is 10.6. The van der Waals surface area contributed by atoms with Crippen molar-refractivity contribution >= 4 is 11.4 Å². The van der Waals surface area contributed by atoms with Gasteiger partial charge < -0.3 is 30.5 Å². The molecule has 4 N–H and O–H groups in total. The molecule has 1 aromatic rings. The van der Waals surface area contributed by atoms with Crippen molar-refractivity contribution < 1.29 is 27.8 Å². The highest BCUT2D eigenvalue weighted by Gasteiger charge is 2.45. The topological polar surface area (TPSA) is 80.0 Å². The van der Waals surface area contributed by atoms with E-state index in [9.17, 15) is 18.3 Å². The molecule has 0 amide bonds. The third-order valence-electron chi connectivity index (χ3n) is 6.40. The minimum absolute atomic E-state index is 0.0495. The van der Waals surface area contributed by atoms with Gasteiger partial charge in [-0.25, -0.2) is 0 Å². The number of aliphatic hydroxyl groups is 1. The van der Waals surface area contributed by atoms with Crippen molar-refractivity contribution in [3.63, 3.8) is 0 Å². The molecule has 2 aliphatic heterocycles. The molecule has 172 valence electrons. The Morgan fingerprint density at radius 1 is 1.35 bits per heavy atom. The molecule has 4 rings (SSSR count). The second-order valence-corrected chi connectivity index (χ2v) is 9.36.